The zero-order valence-corrected chi connectivity index (χ0v) is 21.2. The summed E-state index contributed by atoms with van der Waals surface area (Å²) in [5.41, 5.74) is 2.18. The number of nitrogens with zero attached hydrogens (tertiary/aromatic N) is 4. The number of benzene rings is 1. The lowest BCUT2D eigenvalue weighted by Crippen LogP contribution is -2.46. The van der Waals surface area contributed by atoms with Crippen molar-refractivity contribution in [2.24, 2.45) is 4.99 Å². The van der Waals surface area contributed by atoms with Gasteiger partial charge in [-0.2, -0.15) is 0 Å². The van der Waals surface area contributed by atoms with Crippen LogP contribution < -0.4 is 20.4 Å². The van der Waals surface area contributed by atoms with Gasteiger partial charge in [0.1, 0.15) is 11.6 Å². The third-order valence-electron chi connectivity index (χ3n) is 5.11. The summed E-state index contributed by atoms with van der Waals surface area (Å²) in [5, 5.41) is 6.55. The van der Waals surface area contributed by atoms with E-state index in [9.17, 15) is 4.39 Å². The molecule has 176 valence electrons. The van der Waals surface area contributed by atoms with E-state index in [1.807, 2.05) is 31.3 Å². The average Bonchev–Trinajstić information content (AvgIpc) is 2.81. The van der Waals surface area contributed by atoms with Gasteiger partial charge in [-0.25, -0.2) is 14.4 Å². The maximum absolute atomic E-state index is 13.2. The van der Waals surface area contributed by atoms with Crippen LogP contribution in [-0.4, -0.2) is 63.4 Å². The van der Waals surface area contributed by atoms with Crippen molar-refractivity contribution in [2.75, 3.05) is 62.3 Å². The van der Waals surface area contributed by atoms with Crippen LogP contribution in [0.15, 0.2) is 47.6 Å². The van der Waals surface area contributed by atoms with E-state index in [0.717, 1.165) is 62.3 Å². The maximum Gasteiger partial charge on any atom is 0.191 e. The van der Waals surface area contributed by atoms with Gasteiger partial charge in [0, 0.05) is 57.8 Å². The molecule has 0 bridgehead atoms. The van der Waals surface area contributed by atoms with E-state index in [-0.39, 0.29) is 29.8 Å². The number of hydrogen-bond acceptors (Lipinski definition) is 5. The fourth-order valence-corrected chi connectivity index (χ4v) is 3.48. The number of nitrogens with one attached hydrogen (secondary N) is 2. The molecular weight excluding hydrogens is 522 g/mol. The minimum atomic E-state index is -0.201. The lowest BCUT2D eigenvalue weighted by molar-refractivity contribution is 0.152. The summed E-state index contributed by atoms with van der Waals surface area (Å²) in [6.45, 7) is 11.0. The van der Waals surface area contributed by atoms with Crippen molar-refractivity contribution in [2.45, 2.75) is 20.4 Å². The first-order chi connectivity index (χ1) is 15.2. The van der Waals surface area contributed by atoms with Crippen LogP contribution in [0.1, 0.15) is 19.4 Å². The quantitative estimate of drug-likeness (QED) is 0.214. The molecule has 0 aliphatic carbocycles. The lowest BCUT2D eigenvalue weighted by Gasteiger charge is -2.36. The van der Waals surface area contributed by atoms with E-state index in [0.29, 0.717) is 19.8 Å². The SMILES string of the molecule is CCNC(=NCc1ccnc(N2CCN(c3ccc(F)cc3)CC2)c1)NCCOCC.I. The minimum absolute atomic E-state index is 0. The van der Waals surface area contributed by atoms with Crippen LogP contribution >= 0.6 is 24.0 Å². The zero-order valence-electron chi connectivity index (χ0n) is 18.9. The van der Waals surface area contributed by atoms with Gasteiger partial charge >= 0.3 is 0 Å². The van der Waals surface area contributed by atoms with Crippen molar-refractivity contribution in [3.63, 3.8) is 0 Å². The van der Waals surface area contributed by atoms with Gasteiger partial charge in [-0.15, -0.1) is 24.0 Å². The van der Waals surface area contributed by atoms with E-state index in [4.69, 9.17) is 4.74 Å². The summed E-state index contributed by atoms with van der Waals surface area (Å²) < 4.78 is 18.5. The Morgan fingerprint density at radius 2 is 1.78 bits per heavy atom. The predicted octanol–water partition coefficient (Wildman–Crippen LogP) is 3.26. The first-order valence-corrected chi connectivity index (χ1v) is 11.0. The molecule has 1 fully saturated rings. The molecule has 0 atom stereocenters. The molecule has 32 heavy (non-hydrogen) atoms. The molecule has 1 saturated heterocycles. The second kappa shape index (κ2) is 14.1. The first-order valence-electron chi connectivity index (χ1n) is 11.0. The number of ether oxygens (including phenoxy) is 1. The average molecular weight is 556 g/mol. The molecule has 3 rings (SSSR count). The van der Waals surface area contributed by atoms with E-state index in [2.05, 4.69) is 43.4 Å². The minimum Gasteiger partial charge on any atom is -0.380 e. The van der Waals surface area contributed by atoms with Crippen molar-refractivity contribution in [3.8, 4) is 0 Å². The second-order valence-corrected chi connectivity index (χ2v) is 7.29. The standard InChI is InChI=1S/C23H33FN6O.HI/c1-3-25-23(27-11-16-31-4-2)28-18-19-9-10-26-22(17-19)30-14-12-29(13-15-30)21-7-5-20(24)6-8-21;/h5-10,17H,3-4,11-16,18H2,1-2H3,(H2,25,27,28);1H. The van der Waals surface area contributed by atoms with Crippen LogP contribution in [-0.2, 0) is 11.3 Å². The number of pyridine rings is 1. The van der Waals surface area contributed by atoms with E-state index in [1.54, 1.807) is 0 Å². The molecule has 0 spiro atoms. The second-order valence-electron chi connectivity index (χ2n) is 7.29. The van der Waals surface area contributed by atoms with E-state index < -0.39 is 0 Å². The fraction of sp³-hybridized carbons (Fsp3) is 0.478. The van der Waals surface area contributed by atoms with Crippen molar-refractivity contribution < 1.29 is 9.13 Å². The molecule has 2 heterocycles. The van der Waals surface area contributed by atoms with Gasteiger partial charge in [-0.1, -0.05) is 0 Å². The Morgan fingerprint density at radius 3 is 2.47 bits per heavy atom. The highest BCUT2D eigenvalue weighted by atomic mass is 127. The van der Waals surface area contributed by atoms with Crippen molar-refractivity contribution >= 4 is 41.4 Å². The number of hydrogen-bond donors (Lipinski definition) is 2. The van der Waals surface area contributed by atoms with Gasteiger partial charge in [0.25, 0.3) is 0 Å². The monoisotopic (exact) mass is 556 g/mol. The van der Waals surface area contributed by atoms with Gasteiger partial charge in [-0.3, -0.25) is 0 Å². The Kier molecular flexibility index (Phi) is 11.5. The summed E-state index contributed by atoms with van der Waals surface area (Å²) in [7, 11) is 0. The number of anilines is 2. The summed E-state index contributed by atoms with van der Waals surface area (Å²) >= 11 is 0. The third kappa shape index (κ3) is 8.09. The van der Waals surface area contributed by atoms with Gasteiger partial charge in [0.15, 0.2) is 5.96 Å². The molecule has 1 aliphatic rings. The van der Waals surface area contributed by atoms with Gasteiger partial charge in [0.2, 0.25) is 0 Å². The normalized spacial score (nSPS) is 14.2. The van der Waals surface area contributed by atoms with Crippen molar-refractivity contribution in [3.05, 3.63) is 54.0 Å². The Labute approximate surface area is 207 Å². The van der Waals surface area contributed by atoms with Crippen LogP contribution in [0.25, 0.3) is 0 Å². The molecule has 0 radical (unpaired) electrons. The summed E-state index contributed by atoms with van der Waals surface area (Å²) in [4.78, 5) is 13.8. The highest BCUT2D eigenvalue weighted by Crippen LogP contribution is 2.20. The predicted molar refractivity (Wildman–Crippen MR) is 140 cm³/mol. The summed E-state index contributed by atoms with van der Waals surface area (Å²) in [5.74, 6) is 1.56. The van der Waals surface area contributed by atoms with Crippen LogP contribution in [0.2, 0.25) is 0 Å². The molecular formula is C23H34FIN6O. The highest BCUT2D eigenvalue weighted by molar-refractivity contribution is 14.0. The number of aromatic nitrogens is 1. The van der Waals surface area contributed by atoms with Gasteiger partial charge in [0.05, 0.1) is 13.2 Å². The van der Waals surface area contributed by atoms with Gasteiger partial charge in [-0.05, 0) is 55.8 Å². The lowest BCUT2D eigenvalue weighted by atomic mass is 10.2. The van der Waals surface area contributed by atoms with E-state index in [1.165, 1.54) is 12.1 Å². The largest absolute Gasteiger partial charge is 0.380 e. The first kappa shape index (κ1) is 26.1. The molecule has 1 aromatic carbocycles. The molecule has 2 aromatic rings. The maximum atomic E-state index is 13.2. The van der Waals surface area contributed by atoms with Crippen LogP contribution in [0.4, 0.5) is 15.9 Å². The third-order valence-corrected chi connectivity index (χ3v) is 5.11. The molecule has 0 amide bonds. The summed E-state index contributed by atoms with van der Waals surface area (Å²) in [6.07, 6.45) is 1.85. The molecule has 0 unspecified atom stereocenters. The smallest absolute Gasteiger partial charge is 0.191 e. The van der Waals surface area contributed by atoms with Crippen LogP contribution in [0, 0.1) is 5.82 Å². The number of guanidine groups is 1. The Hall–Kier alpha value is -2.14. The van der Waals surface area contributed by atoms with Crippen molar-refractivity contribution in [1.29, 1.82) is 0 Å². The highest BCUT2D eigenvalue weighted by Gasteiger charge is 2.18. The number of rotatable bonds is 9. The molecule has 1 aliphatic heterocycles. The summed E-state index contributed by atoms with van der Waals surface area (Å²) in [6, 6.07) is 10.8. The van der Waals surface area contributed by atoms with E-state index >= 15 is 0 Å². The Morgan fingerprint density at radius 1 is 1.06 bits per heavy atom. The van der Waals surface area contributed by atoms with Crippen LogP contribution in [0.3, 0.4) is 0 Å². The molecule has 9 heteroatoms. The number of halogens is 2. The molecule has 0 saturated carbocycles. The Bertz CT molecular complexity index is 827. The number of piperazine rings is 1. The van der Waals surface area contributed by atoms with Gasteiger partial charge < -0.3 is 25.2 Å². The molecule has 2 N–H and O–H groups in total. The van der Waals surface area contributed by atoms with Crippen molar-refractivity contribution in [1.82, 2.24) is 15.6 Å². The topological polar surface area (TPSA) is 65.0 Å². The number of aliphatic imine (C=N–C) groups is 1. The molecule has 1 aromatic heterocycles. The molecule has 7 nitrogen and oxygen atoms in total. The Balaban J connectivity index is 0.00000363. The zero-order chi connectivity index (χ0) is 21.9. The van der Waals surface area contributed by atoms with Crippen LogP contribution in [0.5, 0.6) is 0 Å². The fourth-order valence-electron chi connectivity index (χ4n) is 3.48.